The van der Waals surface area contributed by atoms with Crippen molar-refractivity contribution < 1.29 is 18.3 Å². The van der Waals surface area contributed by atoms with Crippen molar-refractivity contribution in [1.29, 1.82) is 0 Å². The van der Waals surface area contributed by atoms with Crippen molar-refractivity contribution in [2.45, 2.75) is 25.8 Å². The van der Waals surface area contributed by atoms with Crippen LogP contribution in [0.5, 0.6) is 0 Å². The standard InChI is InChI=1S/C18H26F2N2O2/c1-4-24-12-13-8-10-22(11-9-13)18(23)17(21(2)3)16-14(19)6-5-7-15(16)20/h5-7,13,17H,4,8-12H2,1-3H3/t17-/m1/s1. The van der Waals surface area contributed by atoms with E-state index in [1.54, 1.807) is 23.9 Å². The lowest BCUT2D eigenvalue weighted by atomic mass is 9.96. The van der Waals surface area contributed by atoms with E-state index in [4.69, 9.17) is 4.74 Å². The van der Waals surface area contributed by atoms with E-state index in [9.17, 15) is 13.6 Å². The van der Waals surface area contributed by atoms with Crippen LogP contribution in [0.4, 0.5) is 8.78 Å². The molecule has 0 spiro atoms. The Balaban J connectivity index is 2.11. The Bertz CT molecular complexity index is 538. The van der Waals surface area contributed by atoms with E-state index < -0.39 is 17.7 Å². The number of piperidine rings is 1. The Morgan fingerprint density at radius 1 is 1.29 bits per heavy atom. The highest BCUT2D eigenvalue weighted by Crippen LogP contribution is 2.28. The highest BCUT2D eigenvalue weighted by molar-refractivity contribution is 5.83. The number of hydrogen-bond donors (Lipinski definition) is 0. The van der Waals surface area contributed by atoms with E-state index in [1.807, 2.05) is 6.92 Å². The van der Waals surface area contributed by atoms with Gasteiger partial charge in [0.15, 0.2) is 0 Å². The molecule has 134 valence electrons. The van der Waals surface area contributed by atoms with E-state index in [0.717, 1.165) is 12.8 Å². The number of hydrogen-bond acceptors (Lipinski definition) is 3. The number of nitrogens with zero attached hydrogens (tertiary/aromatic N) is 2. The summed E-state index contributed by atoms with van der Waals surface area (Å²) in [5.74, 6) is -1.18. The molecule has 1 atom stereocenters. The van der Waals surface area contributed by atoms with Crippen molar-refractivity contribution in [2.24, 2.45) is 5.92 Å². The topological polar surface area (TPSA) is 32.8 Å². The zero-order chi connectivity index (χ0) is 17.7. The summed E-state index contributed by atoms with van der Waals surface area (Å²) >= 11 is 0. The second-order valence-electron chi connectivity index (χ2n) is 6.43. The van der Waals surface area contributed by atoms with Crippen molar-refractivity contribution in [3.8, 4) is 0 Å². The van der Waals surface area contributed by atoms with Gasteiger partial charge in [0.05, 0.1) is 5.56 Å². The first-order chi connectivity index (χ1) is 11.5. The first-order valence-corrected chi connectivity index (χ1v) is 8.42. The SMILES string of the molecule is CCOCC1CCN(C(=O)[C@@H](c2c(F)cccc2F)N(C)C)CC1. The van der Waals surface area contributed by atoms with Crippen LogP contribution in [0, 0.1) is 17.6 Å². The van der Waals surface area contributed by atoms with Gasteiger partial charge >= 0.3 is 0 Å². The van der Waals surface area contributed by atoms with Crippen LogP contribution in [0.1, 0.15) is 31.4 Å². The van der Waals surface area contributed by atoms with Crippen LogP contribution in [-0.4, -0.2) is 56.1 Å². The van der Waals surface area contributed by atoms with Gasteiger partial charge in [-0.3, -0.25) is 9.69 Å². The number of carbonyl (C=O) groups excluding carboxylic acids is 1. The zero-order valence-electron chi connectivity index (χ0n) is 14.6. The maximum absolute atomic E-state index is 14.1. The summed E-state index contributed by atoms with van der Waals surface area (Å²) in [4.78, 5) is 16.2. The molecule has 4 nitrogen and oxygen atoms in total. The molecule has 0 aliphatic carbocycles. The molecule has 0 radical (unpaired) electrons. The lowest BCUT2D eigenvalue weighted by Gasteiger charge is -2.36. The van der Waals surface area contributed by atoms with E-state index in [-0.39, 0.29) is 11.5 Å². The molecule has 1 aliphatic heterocycles. The molecule has 0 aromatic heterocycles. The van der Waals surface area contributed by atoms with E-state index >= 15 is 0 Å². The van der Waals surface area contributed by atoms with E-state index in [0.29, 0.717) is 32.2 Å². The van der Waals surface area contributed by atoms with Gasteiger partial charge < -0.3 is 9.64 Å². The van der Waals surface area contributed by atoms with Crippen LogP contribution < -0.4 is 0 Å². The molecular weight excluding hydrogens is 314 g/mol. The second-order valence-corrected chi connectivity index (χ2v) is 6.43. The number of likely N-dealkylation sites (N-methyl/N-ethyl adjacent to an activating group) is 1. The Morgan fingerprint density at radius 2 is 1.88 bits per heavy atom. The number of likely N-dealkylation sites (tertiary alicyclic amines) is 1. The molecule has 6 heteroatoms. The number of ether oxygens (including phenoxy) is 1. The summed E-state index contributed by atoms with van der Waals surface area (Å²) in [5, 5.41) is 0. The summed E-state index contributed by atoms with van der Waals surface area (Å²) in [6, 6.07) is 2.74. The highest BCUT2D eigenvalue weighted by Gasteiger charge is 2.34. The lowest BCUT2D eigenvalue weighted by molar-refractivity contribution is -0.138. The Labute approximate surface area is 142 Å². The van der Waals surface area contributed by atoms with Crippen molar-refractivity contribution in [2.75, 3.05) is 40.4 Å². The number of halogens is 2. The summed E-state index contributed by atoms with van der Waals surface area (Å²) < 4.78 is 33.7. The largest absolute Gasteiger partial charge is 0.381 e. The van der Waals surface area contributed by atoms with Crippen molar-refractivity contribution >= 4 is 5.91 Å². The minimum absolute atomic E-state index is 0.177. The summed E-state index contributed by atoms with van der Waals surface area (Å²) in [5.41, 5.74) is -0.177. The van der Waals surface area contributed by atoms with Gasteiger partial charge in [0.1, 0.15) is 17.7 Å². The van der Waals surface area contributed by atoms with Crippen LogP contribution in [0.15, 0.2) is 18.2 Å². The van der Waals surface area contributed by atoms with E-state index in [2.05, 4.69) is 0 Å². The third kappa shape index (κ3) is 4.30. The van der Waals surface area contributed by atoms with Gasteiger partial charge in [-0.25, -0.2) is 8.78 Å². The summed E-state index contributed by atoms with van der Waals surface area (Å²) in [7, 11) is 3.33. The normalized spacial score (nSPS) is 17.3. The van der Waals surface area contributed by atoms with Gasteiger partial charge in [0.25, 0.3) is 0 Å². The maximum Gasteiger partial charge on any atom is 0.244 e. The number of benzene rings is 1. The smallest absolute Gasteiger partial charge is 0.244 e. The number of amides is 1. The van der Waals surface area contributed by atoms with Gasteiger partial charge in [-0.05, 0) is 51.9 Å². The first-order valence-electron chi connectivity index (χ1n) is 8.42. The predicted octanol–water partition coefficient (Wildman–Crippen LogP) is 2.84. The molecule has 2 rings (SSSR count). The Kier molecular flexibility index (Phi) is 6.69. The molecule has 0 unspecified atom stereocenters. The van der Waals surface area contributed by atoms with Gasteiger partial charge in [-0.15, -0.1) is 0 Å². The third-order valence-electron chi connectivity index (χ3n) is 4.51. The van der Waals surface area contributed by atoms with Gasteiger partial charge in [0.2, 0.25) is 5.91 Å². The van der Waals surface area contributed by atoms with Crippen LogP contribution in [0.2, 0.25) is 0 Å². The predicted molar refractivity (Wildman–Crippen MR) is 88.6 cm³/mol. The van der Waals surface area contributed by atoms with E-state index in [1.165, 1.54) is 18.2 Å². The highest BCUT2D eigenvalue weighted by atomic mass is 19.1. The maximum atomic E-state index is 14.1. The minimum Gasteiger partial charge on any atom is -0.381 e. The molecule has 1 amide bonds. The first kappa shape index (κ1) is 18.8. The molecule has 0 bridgehead atoms. The number of rotatable bonds is 6. The molecule has 1 aromatic carbocycles. The van der Waals surface area contributed by atoms with Gasteiger partial charge in [0, 0.05) is 26.3 Å². The molecule has 24 heavy (non-hydrogen) atoms. The lowest BCUT2D eigenvalue weighted by Crippen LogP contribution is -2.45. The summed E-state index contributed by atoms with van der Waals surface area (Å²) in [6.07, 6.45) is 1.71. The monoisotopic (exact) mass is 340 g/mol. The average molecular weight is 340 g/mol. The quantitative estimate of drug-likeness (QED) is 0.798. The minimum atomic E-state index is -0.949. The number of carbonyl (C=O) groups is 1. The molecule has 1 fully saturated rings. The molecule has 1 aliphatic rings. The third-order valence-corrected chi connectivity index (χ3v) is 4.51. The van der Waals surface area contributed by atoms with Gasteiger partial charge in [-0.1, -0.05) is 6.07 Å². The fourth-order valence-electron chi connectivity index (χ4n) is 3.15. The van der Waals surface area contributed by atoms with Crippen molar-refractivity contribution in [3.05, 3.63) is 35.4 Å². The fraction of sp³-hybridized carbons (Fsp3) is 0.611. The zero-order valence-corrected chi connectivity index (χ0v) is 14.6. The molecule has 1 heterocycles. The molecule has 0 saturated carbocycles. The van der Waals surface area contributed by atoms with Crippen molar-refractivity contribution in [3.63, 3.8) is 0 Å². The average Bonchev–Trinajstić information content (AvgIpc) is 2.56. The van der Waals surface area contributed by atoms with Crippen LogP contribution >= 0.6 is 0 Å². The van der Waals surface area contributed by atoms with Gasteiger partial charge in [-0.2, -0.15) is 0 Å². The Hall–Kier alpha value is -1.53. The van der Waals surface area contributed by atoms with Crippen LogP contribution in [0.25, 0.3) is 0 Å². The fourth-order valence-corrected chi connectivity index (χ4v) is 3.15. The summed E-state index contributed by atoms with van der Waals surface area (Å²) in [6.45, 7) is 4.54. The molecule has 1 aromatic rings. The second kappa shape index (κ2) is 8.53. The van der Waals surface area contributed by atoms with Crippen LogP contribution in [0.3, 0.4) is 0 Å². The molecule has 1 saturated heterocycles. The van der Waals surface area contributed by atoms with Crippen molar-refractivity contribution in [1.82, 2.24) is 9.80 Å². The molecule has 0 N–H and O–H groups in total. The van der Waals surface area contributed by atoms with Crippen LogP contribution in [-0.2, 0) is 9.53 Å². The Morgan fingerprint density at radius 3 is 2.38 bits per heavy atom. The molecular formula is C18H26F2N2O2.